The van der Waals surface area contributed by atoms with Gasteiger partial charge in [0.1, 0.15) is 11.2 Å². The Balaban J connectivity index is 0.950. The van der Waals surface area contributed by atoms with E-state index in [0.29, 0.717) is 0 Å². The van der Waals surface area contributed by atoms with Crippen LogP contribution in [0.3, 0.4) is 0 Å². The standard InChI is InChI=1S/C58H39NO/c1-3-10-40(11-4-1)42-18-20-44(21-19-42)45-26-31-52(32-27-45)59(54-17-9-16-48(36-54)46-24-22-43(23-25-46)41-12-5-2-6-13-41)53-33-28-47(29-34-53)51-30-35-57-55(38-51)56-37-49-14-7-8-15-50(49)39-58(56)60-57/h1-39H. The predicted octanol–water partition coefficient (Wildman–Crippen LogP) is 16.5. The topological polar surface area (TPSA) is 16.4 Å². The number of rotatable bonds is 8. The van der Waals surface area contributed by atoms with Gasteiger partial charge in [0.05, 0.1) is 0 Å². The number of benzene rings is 10. The van der Waals surface area contributed by atoms with Gasteiger partial charge in [0.25, 0.3) is 0 Å². The molecule has 60 heavy (non-hydrogen) atoms. The quantitative estimate of drug-likeness (QED) is 0.153. The van der Waals surface area contributed by atoms with Gasteiger partial charge in [-0.05, 0) is 127 Å². The van der Waals surface area contributed by atoms with Crippen molar-refractivity contribution in [2.45, 2.75) is 0 Å². The Morgan fingerprint density at radius 2 is 0.617 bits per heavy atom. The lowest BCUT2D eigenvalue weighted by molar-refractivity contribution is 0.669. The first-order chi connectivity index (χ1) is 29.7. The molecule has 0 aliphatic carbocycles. The van der Waals surface area contributed by atoms with Gasteiger partial charge in [0.15, 0.2) is 0 Å². The average molecular weight is 766 g/mol. The van der Waals surface area contributed by atoms with E-state index in [1.165, 1.54) is 49.7 Å². The van der Waals surface area contributed by atoms with E-state index in [1.807, 2.05) is 0 Å². The second-order valence-electron chi connectivity index (χ2n) is 15.4. The fourth-order valence-electron chi connectivity index (χ4n) is 8.49. The SMILES string of the molecule is c1ccc(-c2ccc(-c3ccc(N(c4ccc(-c5ccc6oc7cc8ccccc8cc7c6c5)cc4)c4cccc(-c5ccc(-c6ccccc6)cc5)c4)cc3)cc2)cc1. The predicted molar refractivity (Wildman–Crippen MR) is 253 cm³/mol. The van der Waals surface area contributed by atoms with Gasteiger partial charge in [0.2, 0.25) is 0 Å². The molecule has 11 aromatic rings. The molecule has 0 bridgehead atoms. The molecule has 0 unspecified atom stereocenters. The van der Waals surface area contributed by atoms with Gasteiger partial charge < -0.3 is 9.32 Å². The van der Waals surface area contributed by atoms with E-state index in [9.17, 15) is 0 Å². The summed E-state index contributed by atoms with van der Waals surface area (Å²) in [5.74, 6) is 0. The number of anilines is 3. The number of furan rings is 1. The first-order valence-electron chi connectivity index (χ1n) is 20.5. The van der Waals surface area contributed by atoms with E-state index in [2.05, 4.69) is 241 Å². The smallest absolute Gasteiger partial charge is 0.136 e. The average Bonchev–Trinajstić information content (AvgIpc) is 3.68. The number of hydrogen-bond donors (Lipinski definition) is 0. The van der Waals surface area contributed by atoms with Crippen LogP contribution in [0.2, 0.25) is 0 Å². The van der Waals surface area contributed by atoms with Crippen LogP contribution in [0, 0.1) is 0 Å². The summed E-state index contributed by atoms with van der Waals surface area (Å²) in [4.78, 5) is 2.35. The largest absolute Gasteiger partial charge is 0.456 e. The van der Waals surface area contributed by atoms with E-state index in [4.69, 9.17) is 4.42 Å². The summed E-state index contributed by atoms with van der Waals surface area (Å²) in [6.07, 6.45) is 0. The van der Waals surface area contributed by atoms with E-state index < -0.39 is 0 Å². The molecule has 0 aliphatic rings. The summed E-state index contributed by atoms with van der Waals surface area (Å²) in [6.45, 7) is 0. The number of fused-ring (bicyclic) bond motifs is 4. The second-order valence-corrected chi connectivity index (χ2v) is 15.4. The van der Waals surface area contributed by atoms with Gasteiger partial charge in [-0.25, -0.2) is 0 Å². The molecule has 0 radical (unpaired) electrons. The lowest BCUT2D eigenvalue weighted by Gasteiger charge is -2.26. The summed E-state index contributed by atoms with van der Waals surface area (Å²) in [5, 5.41) is 4.66. The highest BCUT2D eigenvalue weighted by molar-refractivity contribution is 6.11. The Morgan fingerprint density at radius 1 is 0.233 bits per heavy atom. The molecular formula is C58H39NO. The lowest BCUT2D eigenvalue weighted by Crippen LogP contribution is -2.10. The van der Waals surface area contributed by atoms with E-state index in [0.717, 1.165) is 55.7 Å². The fourth-order valence-corrected chi connectivity index (χ4v) is 8.49. The first-order valence-corrected chi connectivity index (χ1v) is 20.5. The molecule has 2 heteroatoms. The third-order valence-corrected chi connectivity index (χ3v) is 11.7. The second kappa shape index (κ2) is 15.1. The van der Waals surface area contributed by atoms with Crippen molar-refractivity contribution in [1.29, 1.82) is 0 Å². The molecule has 0 fully saturated rings. The van der Waals surface area contributed by atoms with Gasteiger partial charge in [-0.15, -0.1) is 0 Å². The highest BCUT2D eigenvalue weighted by atomic mass is 16.3. The van der Waals surface area contributed by atoms with Crippen molar-refractivity contribution < 1.29 is 4.42 Å². The summed E-state index contributed by atoms with van der Waals surface area (Å²) >= 11 is 0. The Bertz CT molecular complexity index is 3260. The minimum atomic E-state index is 0.900. The summed E-state index contributed by atoms with van der Waals surface area (Å²) in [7, 11) is 0. The van der Waals surface area contributed by atoms with Crippen LogP contribution in [0.5, 0.6) is 0 Å². The summed E-state index contributed by atoms with van der Waals surface area (Å²) in [5.41, 5.74) is 16.9. The molecule has 10 aromatic carbocycles. The lowest BCUT2D eigenvalue weighted by atomic mass is 9.99. The van der Waals surface area contributed by atoms with Crippen molar-refractivity contribution in [3.63, 3.8) is 0 Å². The summed E-state index contributed by atoms with van der Waals surface area (Å²) in [6, 6.07) is 84.9. The van der Waals surface area contributed by atoms with Crippen LogP contribution in [0.25, 0.3) is 88.3 Å². The Morgan fingerprint density at radius 3 is 1.15 bits per heavy atom. The molecular weight excluding hydrogens is 727 g/mol. The molecule has 0 saturated carbocycles. The van der Waals surface area contributed by atoms with E-state index >= 15 is 0 Å². The monoisotopic (exact) mass is 765 g/mol. The van der Waals surface area contributed by atoms with Crippen LogP contribution in [0.15, 0.2) is 241 Å². The zero-order valence-corrected chi connectivity index (χ0v) is 32.9. The zero-order valence-electron chi connectivity index (χ0n) is 32.9. The van der Waals surface area contributed by atoms with Crippen LogP contribution in [-0.2, 0) is 0 Å². The van der Waals surface area contributed by atoms with E-state index in [1.54, 1.807) is 0 Å². The van der Waals surface area contributed by atoms with Crippen LogP contribution in [0.4, 0.5) is 17.1 Å². The van der Waals surface area contributed by atoms with Crippen LogP contribution >= 0.6 is 0 Å². The maximum atomic E-state index is 6.32. The van der Waals surface area contributed by atoms with Gasteiger partial charge in [-0.1, -0.05) is 176 Å². The molecule has 0 spiro atoms. The van der Waals surface area contributed by atoms with E-state index in [-0.39, 0.29) is 0 Å². The first kappa shape index (κ1) is 35.2. The van der Waals surface area contributed by atoms with Crippen LogP contribution in [-0.4, -0.2) is 0 Å². The Kier molecular flexibility index (Phi) is 8.87. The molecule has 1 aromatic heterocycles. The highest BCUT2D eigenvalue weighted by Gasteiger charge is 2.16. The minimum Gasteiger partial charge on any atom is -0.456 e. The van der Waals surface area contributed by atoms with Crippen molar-refractivity contribution in [3.05, 3.63) is 237 Å². The maximum Gasteiger partial charge on any atom is 0.136 e. The zero-order chi connectivity index (χ0) is 39.8. The molecule has 2 nitrogen and oxygen atoms in total. The van der Waals surface area contributed by atoms with Crippen molar-refractivity contribution in [3.8, 4) is 55.6 Å². The molecule has 0 aliphatic heterocycles. The van der Waals surface area contributed by atoms with Gasteiger partial charge in [-0.3, -0.25) is 0 Å². The Labute approximate surface area is 349 Å². The molecule has 0 amide bonds. The molecule has 282 valence electrons. The Hall–Kier alpha value is -7.94. The molecule has 0 N–H and O–H groups in total. The molecule has 0 atom stereocenters. The van der Waals surface area contributed by atoms with Gasteiger partial charge in [-0.2, -0.15) is 0 Å². The van der Waals surface area contributed by atoms with Gasteiger partial charge >= 0.3 is 0 Å². The highest BCUT2D eigenvalue weighted by Crippen LogP contribution is 2.40. The third-order valence-electron chi connectivity index (χ3n) is 11.7. The molecule has 0 saturated heterocycles. The van der Waals surface area contributed by atoms with Crippen molar-refractivity contribution in [1.82, 2.24) is 0 Å². The van der Waals surface area contributed by atoms with Gasteiger partial charge in [0, 0.05) is 27.8 Å². The number of nitrogens with zero attached hydrogens (tertiary/aromatic N) is 1. The third kappa shape index (κ3) is 6.70. The normalized spacial score (nSPS) is 11.3. The summed E-state index contributed by atoms with van der Waals surface area (Å²) < 4.78 is 6.32. The fraction of sp³-hybridized carbons (Fsp3) is 0. The van der Waals surface area contributed by atoms with Crippen LogP contribution in [0.1, 0.15) is 0 Å². The molecule has 1 heterocycles. The minimum absolute atomic E-state index is 0.900. The van der Waals surface area contributed by atoms with Crippen molar-refractivity contribution in [2.75, 3.05) is 4.90 Å². The maximum absolute atomic E-state index is 6.32. The molecule has 11 rings (SSSR count). The number of hydrogen-bond acceptors (Lipinski definition) is 2. The van der Waals surface area contributed by atoms with Crippen LogP contribution < -0.4 is 4.90 Å². The van der Waals surface area contributed by atoms with Crippen molar-refractivity contribution in [2.24, 2.45) is 0 Å². The van der Waals surface area contributed by atoms with Crippen molar-refractivity contribution >= 4 is 49.8 Å².